The van der Waals surface area contributed by atoms with Crippen molar-refractivity contribution < 1.29 is 22.7 Å². The Bertz CT molecular complexity index is 485. The fourth-order valence-corrected chi connectivity index (χ4v) is 1.66. The molecule has 0 fully saturated rings. The lowest BCUT2D eigenvalue weighted by atomic mass is 9.86. The van der Waals surface area contributed by atoms with Crippen molar-refractivity contribution in [3.8, 4) is 5.75 Å². The van der Waals surface area contributed by atoms with Crippen LogP contribution in [0.15, 0.2) is 24.3 Å². The van der Waals surface area contributed by atoms with Crippen molar-refractivity contribution in [3.05, 3.63) is 29.8 Å². The van der Waals surface area contributed by atoms with Crippen molar-refractivity contribution in [2.75, 3.05) is 6.54 Å². The molecule has 0 saturated heterocycles. The molecule has 118 valence electrons. The Labute approximate surface area is 121 Å². The van der Waals surface area contributed by atoms with E-state index in [1.807, 2.05) is 6.92 Å². The van der Waals surface area contributed by atoms with E-state index in [0.717, 1.165) is 0 Å². The number of nitrogens with two attached hydrogens (primary N) is 1. The average molecular weight is 304 g/mol. The van der Waals surface area contributed by atoms with Gasteiger partial charge in [0.15, 0.2) is 0 Å². The van der Waals surface area contributed by atoms with Crippen molar-refractivity contribution in [1.29, 1.82) is 0 Å². The van der Waals surface area contributed by atoms with Crippen molar-refractivity contribution >= 4 is 5.91 Å². The van der Waals surface area contributed by atoms with E-state index in [9.17, 15) is 18.0 Å². The quantitative estimate of drug-likeness (QED) is 0.849. The van der Waals surface area contributed by atoms with Gasteiger partial charge in [-0.1, -0.05) is 25.1 Å². The maximum absolute atomic E-state index is 12.3. The molecule has 0 aliphatic rings. The van der Waals surface area contributed by atoms with Gasteiger partial charge in [-0.15, -0.1) is 13.2 Å². The Balaban J connectivity index is 2.78. The van der Waals surface area contributed by atoms with Gasteiger partial charge in [0.05, 0.1) is 5.41 Å². The molecule has 1 amide bonds. The lowest BCUT2D eigenvalue weighted by Crippen LogP contribution is -2.43. The maximum Gasteiger partial charge on any atom is 0.573 e. The molecular weight excluding hydrogens is 285 g/mol. The standard InChI is InChI=1S/C14H19F3N2O2/c1-3-13(2,9-18)12(20)19-8-10-6-4-5-7-11(10)21-14(15,16)17/h4-7H,3,8-9,18H2,1-2H3,(H,19,20). The summed E-state index contributed by atoms with van der Waals surface area (Å²) in [5.41, 5.74) is 5.08. The largest absolute Gasteiger partial charge is 0.573 e. The fraction of sp³-hybridized carbons (Fsp3) is 0.500. The van der Waals surface area contributed by atoms with Crippen LogP contribution in [0, 0.1) is 5.41 Å². The van der Waals surface area contributed by atoms with Gasteiger partial charge in [-0.2, -0.15) is 0 Å². The number of amides is 1. The smallest absolute Gasteiger partial charge is 0.405 e. The van der Waals surface area contributed by atoms with E-state index in [1.54, 1.807) is 13.0 Å². The Morgan fingerprint density at radius 3 is 2.48 bits per heavy atom. The second-order valence-electron chi connectivity index (χ2n) is 4.96. The third kappa shape index (κ3) is 4.93. The Hall–Kier alpha value is -1.76. The number of hydrogen-bond acceptors (Lipinski definition) is 3. The predicted molar refractivity (Wildman–Crippen MR) is 72.4 cm³/mol. The summed E-state index contributed by atoms with van der Waals surface area (Å²) < 4.78 is 40.8. The van der Waals surface area contributed by atoms with Crippen molar-refractivity contribution in [3.63, 3.8) is 0 Å². The molecule has 4 nitrogen and oxygen atoms in total. The van der Waals surface area contributed by atoms with E-state index in [1.165, 1.54) is 18.2 Å². The van der Waals surface area contributed by atoms with Crippen LogP contribution in [0.1, 0.15) is 25.8 Å². The summed E-state index contributed by atoms with van der Waals surface area (Å²) in [5.74, 6) is -0.620. The van der Waals surface area contributed by atoms with E-state index in [0.29, 0.717) is 6.42 Å². The maximum atomic E-state index is 12.3. The van der Waals surface area contributed by atoms with E-state index in [4.69, 9.17) is 5.73 Å². The molecule has 3 N–H and O–H groups in total. The first-order valence-electron chi connectivity index (χ1n) is 6.54. The summed E-state index contributed by atoms with van der Waals surface area (Å²) in [6.07, 6.45) is -4.23. The minimum atomic E-state index is -4.77. The summed E-state index contributed by atoms with van der Waals surface area (Å²) in [5, 5.41) is 2.60. The molecule has 0 aliphatic carbocycles. The molecule has 0 heterocycles. The van der Waals surface area contributed by atoms with Crippen LogP contribution < -0.4 is 15.8 Å². The van der Waals surface area contributed by atoms with Gasteiger partial charge in [-0.3, -0.25) is 4.79 Å². The Morgan fingerprint density at radius 2 is 1.95 bits per heavy atom. The summed E-state index contributed by atoms with van der Waals surface area (Å²) >= 11 is 0. The number of benzene rings is 1. The highest BCUT2D eigenvalue weighted by Gasteiger charge is 2.32. The minimum Gasteiger partial charge on any atom is -0.405 e. The minimum absolute atomic E-state index is 0.0549. The predicted octanol–water partition coefficient (Wildman–Crippen LogP) is 2.58. The van der Waals surface area contributed by atoms with Crippen molar-refractivity contribution in [2.24, 2.45) is 11.1 Å². The molecule has 1 aromatic carbocycles. The van der Waals surface area contributed by atoms with Gasteiger partial charge in [0.25, 0.3) is 0 Å². The highest BCUT2D eigenvalue weighted by molar-refractivity contribution is 5.82. The number of halogens is 3. The second kappa shape index (κ2) is 6.80. The molecule has 0 spiro atoms. The van der Waals surface area contributed by atoms with Crippen LogP contribution in [0.4, 0.5) is 13.2 Å². The zero-order valence-electron chi connectivity index (χ0n) is 12.0. The second-order valence-corrected chi connectivity index (χ2v) is 4.96. The summed E-state index contributed by atoms with van der Waals surface area (Å²) in [7, 11) is 0. The van der Waals surface area contributed by atoms with E-state index in [-0.39, 0.29) is 30.3 Å². The lowest BCUT2D eigenvalue weighted by Gasteiger charge is -2.25. The summed E-state index contributed by atoms with van der Waals surface area (Å²) in [4.78, 5) is 12.0. The average Bonchev–Trinajstić information content (AvgIpc) is 2.43. The van der Waals surface area contributed by atoms with Gasteiger partial charge < -0.3 is 15.8 Å². The molecule has 0 bridgehead atoms. The van der Waals surface area contributed by atoms with E-state index < -0.39 is 11.8 Å². The first-order valence-corrected chi connectivity index (χ1v) is 6.54. The molecule has 1 atom stereocenters. The first kappa shape index (κ1) is 17.3. The summed E-state index contributed by atoms with van der Waals surface area (Å²) in [6, 6.07) is 5.68. The number of carbonyl (C=O) groups is 1. The SMILES string of the molecule is CCC(C)(CN)C(=O)NCc1ccccc1OC(F)(F)F. The fourth-order valence-electron chi connectivity index (χ4n) is 1.66. The molecular formula is C14H19F3N2O2. The zero-order chi connectivity index (χ0) is 16.1. The molecule has 0 aliphatic heterocycles. The molecule has 1 unspecified atom stereocenters. The number of rotatable bonds is 6. The Morgan fingerprint density at radius 1 is 1.33 bits per heavy atom. The van der Waals surface area contributed by atoms with Crippen LogP contribution in [-0.4, -0.2) is 18.8 Å². The van der Waals surface area contributed by atoms with Crippen molar-refractivity contribution in [2.45, 2.75) is 33.2 Å². The monoisotopic (exact) mass is 304 g/mol. The molecule has 1 aromatic rings. The van der Waals surface area contributed by atoms with Gasteiger partial charge >= 0.3 is 6.36 Å². The van der Waals surface area contributed by atoms with Gasteiger partial charge in [-0.25, -0.2) is 0 Å². The molecule has 0 saturated carbocycles. The van der Waals surface area contributed by atoms with Crippen LogP contribution in [0.5, 0.6) is 5.75 Å². The van der Waals surface area contributed by atoms with Crippen LogP contribution >= 0.6 is 0 Å². The number of alkyl halides is 3. The lowest BCUT2D eigenvalue weighted by molar-refractivity contribution is -0.274. The van der Waals surface area contributed by atoms with Gasteiger partial charge in [-0.05, 0) is 19.4 Å². The van der Waals surface area contributed by atoms with E-state index >= 15 is 0 Å². The van der Waals surface area contributed by atoms with E-state index in [2.05, 4.69) is 10.1 Å². The topological polar surface area (TPSA) is 64.4 Å². The Kier molecular flexibility index (Phi) is 5.60. The van der Waals surface area contributed by atoms with Crippen LogP contribution in [0.2, 0.25) is 0 Å². The molecule has 0 radical (unpaired) electrons. The molecule has 0 aromatic heterocycles. The highest BCUT2D eigenvalue weighted by Crippen LogP contribution is 2.26. The van der Waals surface area contributed by atoms with Gasteiger partial charge in [0.2, 0.25) is 5.91 Å². The molecule has 7 heteroatoms. The van der Waals surface area contributed by atoms with Crippen LogP contribution in [0.3, 0.4) is 0 Å². The van der Waals surface area contributed by atoms with Crippen molar-refractivity contribution in [1.82, 2.24) is 5.32 Å². The third-order valence-electron chi connectivity index (χ3n) is 3.42. The first-order chi connectivity index (χ1) is 9.72. The number of para-hydroxylation sites is 1. The molecule has 1 rings (SSSR count). The third-order valence-corrected chi connectivity index (χ3v) is 3.42. The number of hydrogen-bond donors (Lipinski definition) is 2. The number of nitrogens with one attached hydrogen (secondary N) is 1. The summed E-state index contributed by atoms with van der Waals surface area (Å²) in [6.45, 7) is 3.64. The van der Waals surface area contributed by atoms with Gasteiger partial charge in [0.1, 0.15) is 5.75 Å². The van der Waals surface area contributed by atoms with Gasteiger partial charge in [0, 0.05) is 18.7 Å². The van der Waals surface area contributed by atoms with Crippen LogP contribution in [-0.2, 0) is 11.3 Å². The van der Waals surface area contributed by atoms with Crippen LogP contribution in [0.25, 0.3) is 0 Å². The number of ether oxygens (including phenoxy) is 1. The highest BCUT2D eigenvalue weighted by atomic mass is 19.4. The number of carbonyl (C=O) groups excluding carboxylic acids is 1. The normalized spacial score (nSPS) is 14.4. The zero-order valence-corrected chi connectivity index (χ0v) is 12.0. The molecule has 21 heavy (non-hydrogen) atoms.